The van der Waals surface area contributed by atoms with Crippen molar-refractivity contribution < 1.29 is 17.4 Å². The molecule has 0 unspecified atom stereocenters. The fourth-order valence-corrected chi connectivity index (χ4v) is 1.52. The van der Waals surface area contributed by atoms with Gasteiger partial charge in [0.25, 0.3) is 10.1 Å². The van der Waals surface area contributed by atoms with Gasteiger partial charge in [-0.1, -0.05) is 0 Å². The standard InChI is InChI=1S/C6H5NO6S/c8-5-3-4(13-3)6(9)7(5)1-2-14(10,11)12/h1-2H2,(H,10,11,12). The van der Waals surface area contributed by atoms with E-state index >= 15 is 0 Å². The molecule has 0 aromatic rings. The lowest BCUT2D eigenvalue weighted by Gasteiger charge is -1.97. The number of hydrogen-bond acceptors (Lipinski definition) is 5. The molecule has 0 fully saturated rings. The van der Waals surface area contributed by atoms with E-state index in [0.717, 1.165) is 4.57 Å². The molecule has 0 saturated heterocycles. The van der Waals surface area contributed by atoms with Gasteiger partial charge < -0.3 is 4.42 Å². The average Bonchev–Trinajstić information content (AvgIpc) is 2.75. The zero-order valence-corrected chi connectivity index (χ0v) is 7.57. The smallest absolute Gasteiger partial charge is 0.300 e. The number of hydrogen-bond donors (Lipinski definition) is 1. The SMILES string of the molecule is O=c1c2oc=2c(=O)n1CCS(=O)(=O)O. The molecule has 1 N–H and O–H groups in total. The Labute approximate surface area is 76.7 Å². The topological polar surface area (TPSA) is 107 Å². The van der Waals surface area contributed by atoms with Crippen molar-refractivity contribution in [3.05, 3.63) is 31.5 Å². The van der Waals surface area contributed by atoms with Crippen LogP contribution in [0, 0.1) is 10.8 Å². The Morgan fingerprint density at radius 2 is 1.71 bits per heavy atom. The van der Waals surface area contributed by atoms with Crippen molar-refractivity contribution >= 4 is 10.1 Å². The molecule has 0 atom stereocenters. The van der Waals surface area contributed by atoms with Gasteiger partial charge in [0.1, 0.15) is 0 Å². The Bertz CT molecular complexity index is 653. The first-order valence-electron chi connectivity index (χ1n) is 3.63. The van der Waals surface area contributed by atoms with Crippen molar-refractivity contribution in [3.8, 4) is 0 Å². The minimum absolute atomic E-state index is 0.0228. The predicted octanol–water partition coefficient (Wildman–Crippen LogP) is -1.71. The molecule has 7 nitrogen and oxygen atoms in total. The molecule has 14 heavy (non-hydrogen) atoms. The third-order valence-electron chi connectivity index (χ3n) is 1.82. The third kappa shape index (κ3) is 1.38. The molecule has 0 spiro atoms. The van der Waals surface area contributed by atoms with Crippen LogP contribution >= 0.6 is 0 Å². The van der Waals surface area contributed by atoms with Crippen LogP contribution in [0.2, 0.25) is 0 Å². The number of rotatable bonds is 3. The second-order valence-electron chi connectivity index (χ2n) is 2.81. The van der Waals surface area contributed by atoms with E-state index in [1.54, 1.807) is 0 Å². The average molecular weight is 219 g/mol. The lowest BCUT2D eigenvalue weighted by atomic mass is 10.7. The molecule has 76 valence electrons. The third-order valence-corrected chi connectivity index (χ3v) is 2.52. The molecular weight excluding hydrogens is 214 g/mol. The predicted molar refractivity (Wildman–Crippen MR) is 43.3 cm³/mol. The summed E-state index contributed by atoms with van der Waals surface area (Å²) in [5.41, 5.74) is -1.34. The van der Waals surface area contributed by atoms with Gasteiger partial charge in [0.2, 0.25) is 10.8 Å². The van der Waals surface area contributed by atoms with Crippen LogP contribution in [-0.2, 0) is 16.7 Å². The Morgan fingerprint density at radius 1 is 1.21 bits per heavy atom. The maximum absolute atomic E-state index is 11.1. The molecule has 2 heterocycles. The van der Waals surface area contributed by atoms with Gasteiger partial charge in [-0.05, 0) is 0 Å². The van der Waals surface area contributed by atoms with Gasteiger partial charge in [-0.2, -0.15) is 8.42 Å². The quantitative estimate of drug-likeness (QED) is 0.616. The van der Waals surface area contributed by atoms with Crippen LogP contribution in [0.5, 0.6) is 0 Å². The van der Waals surface area contributed by atoms with Gasteiger partial charge in [0.15, 0.2) is 0 Å². The van der Waals surface area contributed by atoms with E-state index < -0.39 is 27.0 Å². The van der Waals surface area contributed by atoms with Gasteiger partial charge in [0, 0.05) is 6.54 Å². The van der Waals surface area contributed by atoms with E-state index in [1.165, 1.54) is 0 Å². The largest absolute Gasteiger partial charge is 0.437 e. The Hall–Kier alpha value is -1.41. The molecular formula is C6H5NO6S. The monoisotopic (exact) mass is 219 g/mol. The molecule has 0 saturated carbocycles. The van der Waals surface area contributed by atoms with Crippen LogP contribution in [0.4, 0.5) is 0 Å². The van der Waals surface area contributed by atoms with Gasteiger partial charge in [-0.15, -0.1) is 0 Å². The highest BCUT2D eigenvalue weighted by Crippen LogP contribution is 1.96. The number of nitrogens with zero attached hydrogens (tertiary/aromatic N) is 1. The Morgan fingerprint density at radius 3 is 2.14 bits per heavy atom. The first kappa shape index (κ1) is 9.16. The van der Waals surface area contributed by atoms with Crippen molar-refractivity contribution in [1.29, 1.82) is 0 Å². The molecule has 0 radical (unpaired) electrons. The van der Waals surface area contributed by atoms with Crippen LogP contribution in [-0.4, -0.2) is 23.3 Å². The van der Waals surface area contributed by atoms with Crippen LogP contribution in [0.1, 0.15) is 0 Å². The van der Waals surface area contributed by atoms with Crippen LogP contribution in [0.15, 0.2) is 14.0 Å². The maximum atomic E-state index is 11.1. The van der Waals surface area contributed by atoms with E-state index in [1.807, 2.05) is 0 Å². The van der Waals surface area contributed by atoms with Crippen molar-refractivity contribution in [3.63, 3.8) is 0 Å². The first-order valence-corrected chi connectivity index (χ1v) is 5.24. The maximum Gasteiger partial charge on any atom is 0.300 e. The van der Waals surface area contributed by atoms with E-state index in [9.17, 15) is 18.0 Å². The number of aromatic nitrogens is 1. The van der Waals surface area contributed by atoms with Crippen LogP contribution < -0.4 is 11.1 Å². The van der Waals surface area contributed by atoms with E-state index in [2.05, 4.69) is 4.42 Å². The minimum atomic E-state index is -4.17. The first-order chi connectivity index (χ1) is 6.40. The Balaban J connectivity index is 2.33. The summed E-state index contributed by atoms with van der Waals surface area (Å²) in [6.45, 7) is -0.354. The highest BCUT2D eigenvalue weighted by Gasteiger charge is 2.20. The van der Waals surface area contributed by atoms with Gasteiger partial charge in [-0.3, -0.25) is 18.7 Å². The summed E-state index contributed by atoms with van der Waals surface area (Å²) in [6.07, 6.45) is 0. The van der Waals surface area contributed by atoms with Crippen molar-refractivity contribution in [2.45, 2.75) is 6.54 Å². The van der Waals surface area contributed by atoms with Gasteiger partial charge in [0.05, 0.1) is 5.75 Å². The normalized spacial score (nSPS) is 12.9. The molecule has 0 bridgehead atoms. The summed E-state index contributed by atoms with van der Waals surface area (Å²) >= 11 is 0. The van der Waals surface area contributed by atoms with E-state index in [0.29, 0.717) is 0 Å². The summed E-state index contributed by atoms with van der Waals surface area (Å²) in [4.78, 5) is 22.2. The molecule has 0 aromatic heterocycles. The van der Waals surface area contributed by atoms with Gasteiger partial charge in [-0.25, -0.2) is 0 Å². The van der Waals surface area contributed by atoms with Crippen molar-refractivity contribution in [2.24, 2.45) is 0 Å². The molecule has 2 rings (SSSR count). The lowest BCUT2D eigenvalue weighted by molar-refractivity contribution is 0.475. The molecule has 2 aliphatic heterocycles. The molecule has 8 heteroatoms. The summed E-state index contributed by atoms with van der Waals surface area (Å²) in [5, 5.41) is 0. The summed E-state index contributed by atoms with van der Waals surface area (Å²) < 4.78 is 34.4. The zero-order chi connectivity index (χ0) is 10.5. The fraction of sp³-hybridized carbons (Fsp3) is 0.333. The van der Waals surface area contributed by atoms with Crippen LogP contribution in [0.3, 0.4) is 0 Å². The van der Waals surface area contributed by atoms with Crippen molar-refractivity contribution in [1.82, 2.24) is 4.57 Å². The lowest BCUT2D eigenvalue weighted by Crippen LogP contribution is -2.30. The summed E-state index contributed by atoms with van der Waals surface area (Å²) in [5.74, 6) is -0.662. The molecule has 0 aliphatic carbocycles. The minimum Gasteiger partial charge on any atom is -0.437 e. The van der Waals surface area contributed by atoms with E-state index in [4.69, 9.17) is 4.55 Å². The molecule has 0 amide bonds. The highest BCUT2D eigenvalue weighted by molar-refractivity contribution is 7.85. The Kier molecular flexibility index (Phi) is 1.67. The fourth-order valence-electron chi connectivity index (χ4n) is 1.11. The van der Waals surface area contributed by atoms with Gasteiger partial charge >= 0.3 is 11.1 Å². The second kappa shape index (κ2) is 2.55. The van der Waals surface area contributed by atoms with Crippen molar-refractivity contribution in [2.75, 3.05) is 5.75 Å². The van der Waals surface area contributed by atoms with Crippen LogP contribution in [0.25, 0.3) is 0 Å². The van der Waals surface area contributed by atoms with E-state index in [-0.39, 0.29) is 17.4 Å². The molecule has 2 aliphatic rings. The zero-order valence-electron chi connectivity index (χ0n) is 6.76. The summed E-state index contributed by atoms with van der Waals surface area (Å²) in [6, 6.07) is 0. The highest BCUT2D eigenvalue weighted by atomic mass is 32.2. The summed E-state index contributed by atoms with van der Waals surface area (Å²) in [7, 11) is -4.17. The molecule has 0 aromatic carbocycles. The second-order valence-corrected chi connectivity index (χ2v) is 4.38.